The van der Waals surface area contributed by atoms with E-state index in [-0.39, 0.29) is 11.3 Å². The molecule has 0 saturated carbocycles. The molecule has 8 heteroatoms. The number of carbonyl (C=O) groups is 1. The van der Waals surface area contributed by atoms with E-state index in [0.29, 0.717) is 18.8 Å². The first kappa shape index (κ1) is 17.6. The molecule has 0 radical (unpaired) electrons. The smallest absolute Gasteiger partial charge is 0.222 e. The maximum atomic E-state index is 12.5. The minimum absolute atomic E-state index is 0.0873. The largest absolute Gasteiger partial charge is 0.384 e. The van der Waals surface area contributed by atoms with Gasteiger partial charge in [-0.1, -0.05) is 0 Å². The molecule has 0 aromatic carbocycles. The van der Waals surface area contributed by atoms with Crippen LogP contribution >= 0.6 is 0 Å². The first-order chi connectivity index (χ1) is 13.0. The zero-order valence-electron chi connectivity index (χ0n) is 15.6. The Labute approximate surface area is 158 Å². The molecule has 2 N–H and O–H groups in total. The lowest BCUT2D eigenvalue weighted by molar-refractivity contribution is -0.138. The summed E-state index contributed by atoms with van der Waals surface area (Å²) in [6, 6.07) is 1.83. The van der Waals surface area contributed by atoms with Gasteiger partial charge in [0.2, 0.25) is 5.91 Å². The number of nitrogens with two attached hydrogens (primary N) is 1. The van der Waals surface area contributed by atoms with Crippen LogP contribution in [0.1, 0.15) is 37.1 Å². The summed E-state index contributed by atoms with van der Waals surface area (Å²) in [5, 5.41) is 0. The zero-order chi connectivity index (χ0) is 18.9. The van der Waals surface area contributed by atoms with Gasteiger partial charge in [-0.05, 0) is 26.2 Å². The lowest BCUT2D eigenvalue weighted by atomic mass is 9.73. The summed E-state index contributed by atoms with van der Waals surface area (Å²) in [6.45, 7) is 5.02. The normalized spacial score (nSPS) is 23.1. The van der Waals surface area contributed by atoms with E-state index in [1.54, 1.807) is 12.4 Å². The van der Waals surface area contributed by atoms with E-state index in [1.807, 2.05) is 17.9 Å². The Hall–Kier alpha value is -2.77. The molecule has 2 aliphatic heterocycles. The lowest BCUT2D eigenvalue weighted by Crippen LogP contribution is -2.54. The molecule has 4 heterocycles. The third kappa shape index (κ3) is 3.84. The van der Waals surface area contributed by atoms with Gasteiger partial charge >= 0.3 is 0 Å². The molecule has 142 valence electrons. The molecule has 8 nitrogen and oxygen atoms in total. The molecule has 2 fully saturated rings. The number of hydrogen-bond acceptors (Lipinski definition) is 7. The average Bonchev–Trinajstić information content (AvgIpc) is 2.67. The van der Waals surface area contributed by atoms with E-state index in [4.69, 9.17) is 5.73 Å². The van der Waals surface area contributed by atoms with Crippen LogP contribution in [-0.2, 0) is 11.3 Å². The third-order valence-corrected chi connectivity index (χ3v) is 5.59. The zero-order valence-corrected chi connectivity index (χ0v) is 15.6. The van der Waals surface area contributed by atoms with Gasteiger partial charge in [0.05, 0.1) is 24.1 Å². The number of nitrogens with zero attached hydrogens (tertiary/aromatic N) is 6. The summed E-state index contributed by atoms with van der Waals surface area (Å²) in [7, 11) is 0. The van der Waals surface area contributed by atoms with E-state index >= 15 is 0 Å². The Bertz CT molecular complexity index is 825. The predicted octanol–water partition coefficient (Wildman–Crippen LogP) is 1.57. The van der Waals surface area contributed by atoms with Crippen LogP contribution < -0.4 is 10.6 Å². The molecule has 0 bridgehead atoms. The van der Waals surface area contributed by atoms with Gasteiger partial charge in [0.15, 0.2) is 0 Å². The number of hydrogen-bond donors (Lipinski definition) is 1. The lowest BCUT2D eigenvalue weighted by Gasteiger charge is -2.48. The first-order valence-corrected chi connectivity index (χ1v) is 9.41. The van der Waals surface area contributed by atoms with Gasteiger partial charge in [-0.15, -0.1) is 0 Å². The van der Waals surface area contributed by atoms with E-state index < -0.39 is 0 Å². The van der Waals surface area contributed by atoms with Gasteiger partial charge in [-0.2, -0.15) is 0 Å². The van der Waals surface area contributed by atoms with E-state index in [0.717, 1.165) is 56.1 Å². The maximum Gasteiger partial charge on any atom is 0.222 e. The molecular weight excluding hydrogens is 342 g/mol. The Morgan fingerprint density at radius 3 is 2.81 bits per heavy atom. The van der Waals surface area contributed by atoms with Crippen LogP contribution in [0.4, 0.5) is 11.6 Å². The van der Waals surface area contributed by atoms with Crippen LogP contribution in [0.5, 0.6) is 0 Å². The summed E-state index contributed by atoms with van der Waals surface area (Å²) in [6.07, 6.45) is 8.72. The second-order valence-corrected chi connectivity index (χ2v) is 7.73. The maximum absolute atomic E-state index is 12.5. The summed E-state index contributed by atoms with van der Waals surface area (Å²) >= 11 is 0. The van der Waals surface area contributed by atoms with Crippen LogP contribution in [0.25, 0.3) is 0 Å². The number of likely N-dealkylation sites (tertiary alicyclic amines) is 1. The van der Waals surface area contributed by atoms with E-state index in [9.17, 15) is 4.79 Å². The SMILES string of the molecule is Cc1cnc(CN2CC3(CCCN(c4cc(N)ncn4)C3)CCC2=O)cn1. The highest BCUT2D eigenvalue weighted by Gasteiger charge is 2.42. The number of carbonyl (C=O) groups excluding carboxylic acids is 1. The van der Waals surface area contributed by atoms with Crippen molar-refractivity contribution in [3.05, 3.63) is 36.2 Å². The number of anilines is 2. The van der Waals surface area contributed by atoms with Crippen molar-refractivity contribution < 1.29 is 4.79 Å². The quantitative estimate of drug-likeness (QED) is 0.878. The van der Waals surface area contributed by atoms with Crippen LogP contribution in [-0.4, -0.2) is 50.4 Å². The van der Waals surface area contributed by atoms with E-state index in [1.165, 1.54) is 6.33 Å². The monoisotopic (exact) mass is 367 g/mol. The summed E-state index contributed by atoms with van der Waals surface area (Å²) in [5.74, 6) is 1.55. The molecule has 1 atom stereocenters. The van der Waals surface area contributed by atoms with Gasteiger partial charge in [0.25, 0.3) is 0 Å². The molecule has 27 heavy (non-hydrogen) atoms. The Balaban J connectivity index is 1.50. The van der Waals surface area contributed by atoms with Crippen molar-refractivity contribution in [2.75, 3.05) is 30.3 Å². The van der Waals surface area contributed by atoms with Gasteiger partial charge in [0, 0.05) is 43.7 Å². The fourth-order valence-corrected chi connectivity index (χ4v) is 4.21. The van der Waals surface area contributed by atoms with Crippen molar-refractivity contribution in [2.45, 2.75) is 39.2 Å². The van der Waals surface area contributed by atoms with Crippen molar-refractivity contribution in [3.8, 4) is 0 Å². The van der Waals surface area contributed by atoms with Gasteiger partial charge in [-0.3, -0.25) is 14.8 Å². The van der Waals surface area contributed by atoms with Crippen LogP contribution in [0.2, 0.25) is 0 Å². The Morgan fingerprint density at radius 2 is 2.04 bits per heavy atom. The molecule has 2 aliphatic rings. The third-order valence-electron chi connectivity index (χ3n) is 5.59. The Morgan fingerprint density at radius 1 is 1.15 bits per heavy atom. The highest BCUT2D eigenvalue weighted by atomic mass is 16.2. The molecular formula is C19H25N7O. The number of piperidine rings is 2. The molecule has 2 saturated heterocycles. The molecule has 4 rings (SSSR count). The summed E-state index contributed by atoms with van der Waals surface area (Å²) < 4.78 is 0. The fourth-order valence-electron chi connectivity index (χ4n) is 4.21. The van der Waals surface area contributed by atoms with Crippen LogP contribution in [0, 0.1) is 12.3 Å². The minimum atomic E-state index is 0.0873. The van der Waals surface area contributed by atoms with E-state index in [2.05, 4.69) is 24.8 Å². The molecule has 2 aromatic rings. The van der Waals surface area contributed by atoms with Crippen LogP contribution in [0.3, 0.4) is 0 Å². The molecule has 1 spiro atoms. The van der Waals surface area contributed by atoms with Crippen molar-refractivity contribution in [3.63, 3.8) is 0 Å². The average molecular weight is 367 g/mol. The number of nitrogen functional groups attached to an aromatic ring is 1. The number of amides is 1. The number of aryl methyl sites for hydroxylation is 1. The van der Waals surface area contributed by atoms with Gasteiger partial charge < -0.3 is 15.5 Å². The molecule has 0 aliphatic carbocycles. The van der Waals surface area contributed by atoms with Gasteiger partial charge in [0.1, 0.15) is 18.0 Å². The highest BCUT2D eigenvalue weighted by Crippen LogP contribution is 2.40. The summed E-state index contributed by atoms with van der Waals surface area (Å²) in [4.78, 5) is 33.8. The van der Waals surface area contributed by atoms with Crippen molar-refractivity contribution in [1.82, 2.24) is 24.8 Å². The molecule has 2 aromatic heterocycles. The Kier molecular flexibility index (Phi) is 4.63. The molecule has 1 amide bonds. The van der Waals surface area contributed by atoms with Crippen molar-refractivity contribution in [1.29, 1.82) is 0 Å². The van der Waals surface area contributed by atoms with Crippen molar-refractivity contribution in [2.24, 2.45) is 5.41 Å². The van der Waals surface area contributed by atoms with Gasteiger partial charge in [-0.25, -0.2) is 9.97 Å². The second-order valence-electron chi connectivity index (χ2n) is 7.73. The highest BCUT2D eigenvalue weighted by molar-refractivity contribution is 5.77. The minimum Gasteiger partial charge on any atom is -0.384 e. The number of aromatic nitrogens is 4. The topological polar surface area (TPSA) is 101 Å². The second kappa shape index (κ2) is 7.09. The predicted molar refractivity (Wildman–Crippen MR) is 102 cm³/mol. The fraction of sp³-hybridized carbons (Fsp3) is 0.526. The van der Waals surface area contributed by atoms with Crippen LogP contribution in [0.15, 0.2) is 24.8 Å². The first-order valence-electron chi connectivity index (χ1n) is 9.41. The van der Waals surface area contributed by atoms with Crippen molar-refractivity contribution >= 4 is 17.5 Å². The number of rotatable bonds is 3. The molecule has 1 unspecified atom stereocenters. The standard InChI is InChI=1S/C19H25N7O/c1-14-8-22-15(9-21-14)10-26-12-19(5-3-18(26)27)4-2-6-25(11-19)17-7-16(20)23-13-24-17/h7-9,13H,2-6,10-12H2,1H3,(H2,20,23,24). The summed E-state index contributed by atoms with van der Waals surface area (Å²) in [5.41, 5.74) is 7.63.